The first kappa shape index (κ1) is 17.7. The first-order chi connectivity index (χ1) is 11.9. The van der Waals surface area contributed by atoms with E-state index in [0.29, 0.717) is 11.7 Å². The average Bonchev–Trinajstić information content (AvgIpc) is 3.21. The van der Waals surface area contributed by atoms with Gasteiger partial charge in [-0.05, 0) is 32.6 Å². The Morgan fingerprint density at radius 2 is 2.16 bits per heavy atom. The number of aliphatic hydroxyl groups excluding tert-OH is 1. The van der Waals surface area contributed by atoms with E-state index in [9.17, 15) is 9.90 Å². The van der Waals surface area contributed by atoms with Crippen LogP contribution in [0.2, 0.25) is 0 Å². The maximum atomic E-state index is 12.8. The lowest BCUT2D eigenvalue weighted by atomic mass is 9.76. The molecule has 7 heteroatoms. The van der Waals surface area contributed by atoms with Crippen LogP contribution in [0.25, 0.3) is 11.5 Å². The lowest BCUT2D eigenvalue weighted by Crippen LogP contribution is -2.54. The van der Waals surface area contributed by atoms with Crippen LogP contribution in [0.15, 0.2) is 16.8 Å². The minimum Gasteiger partial charge on any atom is -0.440 e. The molecule has 1 saturated carbocycles. The first-order valence-corrected chi connectivity index (χ1v) is 8.83. The van der Waals surface area contributed by atoms with Gasteiger partial charge < -0.3 is 14.8 Å². The fourth-order valence-corrected chi connectivity index (χ4v) is 3.59. The number of nitrogens with zero attached hydrogens (tertiary/aromatic N) is 3. The highest BCUT2D eigenvalue weighted by Crippen LogP contribution is 2.33. The minimum absolute atomic E-state index is 0.0875. The normalized spacial score (nSPS) is 18.1. The van der Waals surface area contributed by atoms with Crippen LogP contribution in [0.4, 0.5) is 0 Å². The second-order valence-electron chi connectivity index (χ2n) is 7.19. The van der Waals surface area contributed by atoms with Gasteiger partial charge in [-0.15, -0.1) is 0 Å². The van der Waals surface area contributed by atoms with Crippen molar-refractivity contribution in [2.24, 2.45) is 13.0 Å². The Hall–Kier alpha value is -2.15. The summed E-state index contributed by atoms with van der Waals surface area (Å²) >= 11 is 0. The van der Waals surface area contributed by atoms with Crippen molar-refractivity contribution in [3.8, 4) is 11.5 Å². The third kappa shape index (κ3) is 3.61. The number of carbonyl (C=O) groups excluding carboxylic acids is 1. The van der Waals surface area contributed by atoms with E-state index in [0.717, 1.165) is 31.2 Å². The number of hydrogen-bond acceptors (Lipinski definition) is 5. The first-order valence-electron chi connectivity index (χ1n) is 8.83. The molecular formula is C18H26N4O3. The highest BCUT2D eigenvalue weighted by Gasteiger charge is 2.37. The van der Waals surface area contributed by atoms with Gasteiger partial charge in [0.2, 0.25) is 5.89 Å². The zero-order valence-electron chi connectivity index (χ0n) is 15.1. The minimum atomic E-state index is -0.642. The molecule has 2 N–H and O–H groups in total. The lowest BCUT2D eigenvalue weighted by Gasteiger charge is -2.39. The molecular weight excluding hydrogens is 320 g/mol. The number of nitrogens with one attached hydrogen (secondary N) is 1. The van der Waals surface area contributed by atoms with Crippen molar-refractivity contribution >= 4 is 5.91 Å². The monoisotopic (exact) mass is 346 g/mol. The molecule has 0 spiro atoms. The molecule has 2 aromatic heterocycles. The Labute approximate surface area is 147 Å². The van der Waals surface area contributed by atoms with Gasteiger partial charge in [0, 0.05) is 13.2 Å². The molecule has 25 heavy (non-hydrogen) atoms. The Balaban J connectivity index is 1.79. The molecule has 0 aliphatic heterocycles. The van der Waals surface area contributed by atoms with E-state index in [2.05, 4.69) is 15.4 Å². The highest BCUT2D eigenvalue weighted by molar-refractivity contribution is 5.94. The van der Waals surface area contributed by atoms with E-state index in [1.165, 1.54) is 6.42 Å². The molecule has 136 valence electrons. The van der Waals surface area contributed by atoms with Crippen LogP contribution >= 0.6 is 0 Å². The summed E-state index contributed by atoms with van der Waals surface area (Å²) in [5, 5.41) is 17.0. The van der Waals surface area contributed by atoms with Crippen LogP contribution in [0.3, 0.4) is 0 Å². The van der Waals surface area contributed by atoms with Crippen molar-refractivity contribution < 1.29 is 14.3 Å². The zero-order chi connectivity index (χ0) is 18.0. The number of rotatable bonds is 5. The smallest absolute Gasteiger partial charge is 0.274 e. The van der Waals surface area contributed by atoms with Crippen molar-refractivity contribution in [2.75, 3.05) is 6.61 Å². The Bertz CT molecular complexity index is 745. The largest absolute Gasteiger partial charge is 0.440 e. The van der Waals surface area contributed by atoms with Gasteiger partial charge in [-0.3, -0.25) is 9.48 Å². The predicted octanol–water partition coefficient (Wildman–Crippen LogP) is 2.44. The average molecular weight is 346 g/mol. The summed E-state index contributed by atoms with van der Waals surface area (Å²) in [6.45, 7) is 3.55. The third-order valence-corrected chi connectivity index (χ3v) is 5.20. The maximum Gasteiger partial charge on any atom is 0.274 e. The molecule has 1 atom stereocenters. The summed E-state index contributed by atoms with van der Waals surface area (Å²) in [5.41, 5.74) is 0.341. The van der Waals surface area contributed by atoms with Gasteiger partial charge >= 0.3 is 0 Å². The van der Waals surface area contributed by atoms with Crippen molar-refractivity contribution in [3.05, 3.63) is 23.8 Å². The number of amides is 1. The van der Waals surface area contributed by atoms with Crippen LogP contribution in [0.5, 0.6) is 0 Å². The zero-order valence-corrected chi connectivity index (χ0v) is 15.1. The van der Waals surface area contributed by atoms with E-state index in [4.69, 9.17) is 4.42 Å². The molecule has 0 saturated heterocycles. The summed E-state index contributed by atoms with van der Waals surface area (Å²) in [7, 11) is 1.81. The van der Waals surface area contributed by atoms with Crippen molar-refractivity contribution in [1.29, 1.82) is 0 Å². The van der Waals surface area contributed by atoms with Crippen molar-refractivity contribution in [3.63, 3.8) is 0 Å². The number of carbonyl (C=O) groups is 1. The summed E-state index contributed by atoms with van der Waals surface area (Å²) < 4.78 is 7.29. The second-order valence-corrected chi connectivity index (χ2v) is 7.19. The topological polar surface area (TPSA) is 93.2 Å². The molecule has 0 aromatic carbocycles. The van der Waals surface area contributed by atoms with Gasteiger partial charge in [0.1, 0.15) is 5.76 Å². The lowest BCUT2D eigenvalue weighted by molar-refractivity contribution is 0.0675. The Morgan fingerprint density at radius 1 is 1.44 bits per heavy atom. The standard InChI is InChI=1S/C18H26N4O3/c1-12-15(20-17(25-12)13-9-19-22(3)10-13)16(24)21-18(2,11-23)14-7-5-4-6-8-14/h9-10,14,23H,4-8,11H2,1-3H3,(H,21,24). The number of aromatic nitrogens is 3. The summed E-state index contributed by atoms with van der Waals surface area (Å²) in [6, 6.07) is 0. The van der Waals surface area contributed by atoms with Crippen LogP contribution in [0.1, 0.15) is 55.3 Å². The van der Waals surface area contributed by atoms with Crippen molar-refractivity contribution in [2.45, 2.75) is 51.5 Å². The molecule has 1 fully saturated rings. The van der Waals surface area contributed by atoms with Crippen LogP contribution in [-0.4, -0.2) is 37.9 Å². The Morgan fingerprint density at radius 3 is 2.76 bits per heavy atom. The van der Waals surface area contributed by atoms with Crippen molar-refractivity contribution in [1.82, 2.24) is 20.1 Å². The molecule has 1 aliphatic carbocycles. The number of hydrogen-bond donors (Lipinski definition) is 2. The molecule has 3 rings (SSSR count). The Kier molecular flexibility index (Phi) is 4.94. The van der Waals surface area contributed by atoms with Gasteiger partial charge in [-0.25, -0.2) is 4.98 Å². The molecule has 7 nitrogen and oxygen atoms in total. The summed E-state index contributed by atoms with van der Waals surface area (Å²) in [4.78, 5) is 17.1. The van der Waals surface area contributed by atoms with Gasteiger partial charge in [0.05, 0.1) is 23.9 Å². The predicted molar refractivity (Wildman–Crippen MR) is 93.0 cm³/mol. The number of aryl methyl sites for hydroxylation is 2. The van der Waals surface area contributed by atoms with Crippen LogP contribution < -0.4 is 5.32 Å². The quantitative estimate of drug-likeness (QED) is 0.867. The maximum absolute atomic E-state index is 12.8. The van der Waals surface area contributed by atoms with Gasteiger partial charge in [0.25, 0.3) is 5.91 Å². The van der Waals surface area contributed by atoms with E-state index in [1.807, 2.05) is 14.0 Å². The van der Waals surface area contributed by atoms with Gasteiger partial charge in [-0.2, -0.15) is 5.10 Å². The molecule has 2 heterocycles. The molecule has 0 radical (unpaired) electrons. The molecule has 1 aliphatic rings. The third-order valence-electron chi connectivity index (χ3n) is 5.20. The van der Waals surface area contributed by atoms with Crippen LogP contribution in [-0.2, 0) is 7.05 Å². The van der Waals surface area contributed by atoms with E-state index in [1.54, 1.807) is 24.0 Å². The second kappa shape index (κ2) is 7.00. The van der Waals surface area contributed by atoms with Gasteiger partial charge in [-0.1, -0.05) is 19.3 Å². The van der Waals surface area contributed by atoms with E-state index < -0.39 is 5.54 Å². The molecule has 1 amide bonds. The molecule has 2 aromatic rings. The fraction of sp³-hybridized carbons (Fsp3) is 0.611. The number of oxazole rings is 1. The molecule has 0 bridgehead atoms. The van der Waals surface area contributed by atoms with Crippen LogP contribution in [0, 0.1) is 12.8 Å². The SMILES string of the molecule is Cc1oc(-c2cnn(C)c2)nc1C(=O)NC(C)(CO)C1CCCCC1. The molecule has 1 unspecified atom stereocenters. The summed E-state index contributed by atoms with van der Waals surface area (Å²) in [5.74, 6) is 0.804. The number of aliphatic hydroxyl groups is 1. The van der Waals surface area contributed by atoms with E-state index >= 15 is 0 Å². The fourth-order valence-electron chi connectivity index (χ4n) is 3.59. The van der Waals surface area contributed by atoms with Gasteiger partial charge in [0.15, 0.2) is 5.69 Å². The highest BCUT2D eigenvalue weighted by atomic mass is 16.4. The summed E-state index contributed by atoms with van der Waals surface area (Å²) in [6.07, 6.45) is 8.99. The van der Waals surface area contributed by atoms with E-state index in [-0.39, 0.29) is 24.1 Å².